The highest BCUT2D eigenvalue weighted by Crippen LogP contribution is 2.42. The van der Waals surface area contributed by atoms with Crippen LogP contribution in [0.4, 0.5) is 17.3 Å². The van der Waals surface area contributed by atoms with Gasteiger partial charge in [0, 0.05) is 17.5 Å². The fraction of sp³-hybridized carbons (Fsp3) is 0.0357. The molecule has 0 bridgehead atoms. The lowest BCUT2D eigenvalue weighted by Crippen LogP contribution is -2.21. The predicted molar refractivity (Wildman–Crippen MR) is 128 cm³/mol. The lowest BCUT2D eigenvalue weighted by Gasteiger charge is -2.31. The van der Waals surface area contributed by atoms with E-state index < -0.39 is 0 Å². The molecule has 0 fully saturated rings. The second kappa shape index (κ2) is 7.75. The van der Waals surface area contributed by atoms with Crippen LogP contribution in [-0.2, 0) is 6.42 Å². The van der Waals surface area contributed by atoms with Gasteiger partial charge >= 0.3 is 0 Å². The third-order valence-electron chi connectivity index (χ3n) is 5.73. The average molecular weight is 412 g/mol. The van der Waals surface area contributed by atoms with Crippen molar-refractivity contribution in [2.75, 3.05) is 4.90 Å². The molecule has 0 unspecified atom stereocenters. The minimum atomic E-state index is 0.623. The molecular weight excluding hydrogens is 392 g/mol. The highest BCUT2D eigenvalue weighted by molar-refractivity contribution is 5.81. The third-order valence-corrected chi connectivity index (χ3v) is 5.73. The first-order valence-electron chi connectivity index (χ1n) is 10.7. The molecule has 0 amide bonds. The van der Waals surface area contributed by atoms with Gasteiger partial charge in [-0.15, -0.1) is 0 Å². The molecule has 0 radical (unpaired) electrons. The van der Waals surface area contributed by atoms with Crippen LogP contribution in [0.15, 0.2) is 109 Å². The molecule has 0 saturated carbocycles. The zero-order valence-electron chi connectivity index (χ0n) is 17.4. The Labute approximate surface area is 186 Å². The predicted octanol–water partition coefficient (Wildman–Crippen LogP) is 6.58. The van der Waals surface area contributed by atoms with Crippen molar-refractivity contribution >= 4 is 17.3 Å². The summed E-state index contributed by atoms with van der Waals surface area (Å²) in [6.45, 7) is 0. The van der Waals surface area contributed by atoms with E-state index in [0.29, 0.717) is 17.6 Å². The second-order valence-electron chi connectivity index (χ2n) is 7.78. The molecular formula is C28H20N4. The van der Waals surface area contributed by atoms with Crippen molar-refractivity contribution in [3.05, 3.63) is 120 Å². The third kappa shape index (κ3) is 3.22. The van der Waals surface area contributed by atoms with Crippen LogP contribution >= 0.6 is 0 Å². The lowest BCUT2D eigenvalue weighted by molar-refractivity contribution is 0.990. The highest BCUT2D eigenvalue weighted by atomic mass is 15.3. The molecule has 4 aromatic carbocycles. The van der Waals surface area contributed by atoms with Gasteiger partial charge in [0.05, 0.1) is 11.4 Å². The monoisotopic (exact) mass is 412 g/mol. The molecule has 5 aromatic rings. The second-order valence-corrected chi connectivity index (χ2v) is 7.78. The number of para-hydroxylation sites is 2. The first-order chi connectivity index (χ1) is 15.9. The minimum Gasteiger partial charge on any atom is -0.278 e. The van der Waals surface area contributed by atoms with E-state index in [2.05, 4.69) is 53.4 Å². The summed E-state index contributed by atoms with van der Waals surface area (Å²) in [5.74, 6) is 1.95. The maximum atomic E-state index is 4.95. The molecule has 1 aromatic heterocycles. The van der Waals surface area contributed by atoms with Crippen LogP contribution in [0.3, 0.4) is 0 Å². The molecule has 0 atom stereocenters. The molecule has 0 aliphatic carbocycles. The van der Waals surface area contributed by atoms with E-state index in [-0.39, 0.29) is 0 Å². The molecule has 0 saturated heterocycles. The van der Waals surface area contributed by atoms with Gasteiger partial charge in [0.2, 0.25) is 5.95 Å². The SMILES string of the molecule is c1ccc(-c2nc(-c3ccccc3)nc(N3c4ccccc4Cc4ccccc43)n2)cc1. The number of nitrogens with zero attached hydrogens (tertiary/aromatic N) is 4. The van der Waals surface area contributed by atoms with E-state index in [1.165, 1.54) is 11.1 Å². The summed E-state index contributed by atoms with van der Waals surface area (Å²) < 4.78 is 0. The normalized spacial score (nSPS) is 12.2. The van der Waals surface area contributed by atoms with E-state index in [0.717, 1.165) is 28.9 Å². The summed E-state index contributed by atoms with van der Waals surface area (Å²) in [6, 6.07) is 37.1. The molecule has 1 aliphatic heterocycles. The molecule has 4 heteroatoms. The van der Waals surface area contributed by atoms with Crippen LogP contribution < -0.4 is 4.90 Å². The highest BCUT2D eigenvalue weighted by Gasteiger charge is 2.26. The number of fused-ring (bicyclic) bond motifs is 2. The summed E-state index contributed by atoms with van der Waals surface area (Å²) in [6.07, 6.45) is 0.894. The quantitative estimate of drug-likeness (QED) is 0.329. The number of anilines is 3. The van der Waals surface area contributed by atoms with Crippen molar-refractivity contribution in [3.63, 3.8) is 0 Å². The summed E-state index contributed by atoms with van der Waals surface area (Å²) in [7, 11) is 0. The molecule has 6 rings (SSSR count). The zero-order chi connectivity index (χ0) is 21.3. The van der Waals surface area contributed by atoms with Crippen LogP contribution in [0.25, 0.3) is 22.8 Å². The summed E-state index contributed by atoms with van der Waals surface area (Å²) in [5.41, 5.74) is 6.66. The van der Waals surface area contributed by atoms with Crippen LogP contribution in [-0.4, -0.2) is 15.0 Å². The van der Waals surface area contributed by atoms with Gasteiger partial charge in [0.1, 0.15) is 0 Å². The Morgan fingerprint density at radius 3 is 1.41 bits per heavy atom. The topological polar surface area (TPSA) is 41.9 Å². The van der Waals surface area contributed by atoms with Crippen molar-refractivity contribution in [2.24, 2.45) is 0 Å². The van der Waals surface area contributed by atoms with Crippen LogP contribution in [0, 0.1) is 0 Å². The van der Waals surface area contributed by atoms with Gasteiger partial charge in [0.15, 0.2) is 11.6 Å². The number of hydrogen-bond acceptors (Lipinski definition) is 4. The van der Waals surface area contributed by atoms with Gasteiger partial charge in [-0.05, 0) is 23.3 Å². The van der Waals surface area contributed by atoms with E-state index >= 15 is 0 Å². The summed E-state index contributed by atoms with van der Waals surface area (Å²) in [4.78, 5) is 16.9. The van der Waals surface area contributed by atoms with Gasteiger partial charge in [-0.25, -0.2) is 4.98 Å². The van der Waals surface area contributed by atoms with Gasteiger partial charge in [0.25, 0.3) is 0 Å². The van der Waals surface area contributed by atoms with Gasteiger partial charge in [-0.3, -0.25) is 4.90 Å². The standard InChI is InChI=1S/C28H20N4/c1-3-11-20(12-4-1)26-29-27(21-13-5-2-6-14-21)31-28(30-26)32-24-17-9-7-15-22(24)19-23-16-8-10-18-25(23)32/h1-18H,19H2. The molecule has 1 aliphatic rings. The minimum absolute atomic E-state index is 0.623. The Kier molecular flexibility index (Phi) is 4.47. The van der Waals surface area contributed by atoms with Gasteiger partial charge < -0.3 is 0 Å². The van der Waals surface area contributed by atoms with E-state index in [4.69, 9.17) is 15.0 Å². The van der Waals surface area contributed by atoms with E-state index in [9.17, 15) is 0 Å². The van der Waals surface area contributed by atoms with Crippen molar-refractivity contribution in [1.82, 2.24) is 15.0 Å². The maximum absolute atomic E-state index is 4.95. The van der Waals surface area contributed by atoms with Crippen molar-refractivity contribution in [1.29, 1.82) is 0 Å². The Hall–Kier alpha value is -4.31. The molecule has 32 heavy (non-hydrogen) atoms. The summed E-state index contributed by atoms with van der Waals surface area (Å²) in [5, 5.41) is 0. The first kappa shape index (κ1) is 18.5. The number of rotatable bonds is 3. The fourth-order valence-corrected chi connectivity index (χ4v) is 4.20. The molecule has 152 valence electrons. The number of aromatic nitrogens is 3. The van der Waals surface area contributed by atoms with Gasteiger partial charge in [-0.1, -0.05) is 97.1 Å². The van der Waals surface area contributed by atoms with Crippen LogP contribution in [0.2, 0.25) is 0 Å². The van der Waals surface area contributed by atoms with E-state index in [1.807, 2.05) is 60.7 Å². The van der Waals surface area contributed by atoms with Crippen molar-refractivity contribution < 1.29 is 0 Å². The Balaban J connectivity index is 1.61. The zero-order valence-corrected chi connectivity index (χ0v) is 17.4. The smallest absolute Gasteiger partial charge is 0.238 e. The lowest BCUT2D eigenvalue weighted by atomic mass is 9.96. The summed E-state index contributed by atoms with van der Waals surface area (Å²) >= 11 is 0. The largest absolute Gasteiger partial charge is 0.278 e. The van der Waals surface area contributed by atoms with Gasteiger partial charge in [-0.2, -0.15) is 9.97 Å². The van der Waals surface area contributed by atoms with E-state index in [1.54, 1.807) is 0 Å². The Bertz CT molecular complexity index is 1290. The van der Waals surface area contributed by atoms with Crippen LogP contribution in [0.5, 0.6) is 0 Å². The average Bonchev–Trinajstić information content (AvgIpc) is 2.88. The van der Waals surface area contributed by atoms with Crippen molar-refractivity contribution in [3.8, 4) is 22.8 Å². The number of benzene rings is 4. The molecule has 0 N–H and O–H groups in total. The Morgan fingerprint density at radius 2 is 0.906 bits per heavy atom. The first-order valence-corrected chi connectivity index (χ1v) is 10.7. The van der Waals surface area contributed by atoms with Crippen molar-refractivity contribution in [2.45, 2.75) is 6.42 Å². The molecule has 4 nitrogen and oxygen atoms in total. The number of hydrogen-bond donors (Lipinski definition) is 0. The molecule has 2 heterocycles. The fourth-order valence-electron chi connectivity index (χ4n) is 4.20. The molecule has 0 spiro atoms. The maximum Gasteiger partial charge on any atom is 0.238 e. The van der Waals surface area contributed by atoms with Crippen LogP contribution in [0.1, 0.15) is 11.1 Å². The Morgan fingerprint density at radius 1 is 0.469 bits per heavy atom.